The highest BCUT2D eigenvalue weighted by Crippen LogP contribution is 2.27. The molecule has 0 radical (unpaired) electrons. The van der Waals surface area contributed by atoms with E-state index in [1.807, 2.05) is 37.3 Å². The summed E-state index contributed by atoms with van der Waals surface area (Å²) in [6.45, 7) is 12.7. The Balaban J connectivity index is 3.06. The van der Waals surface area contributed by atoms with Crippen LogP contribution in [0.4, 0.5) is 11.4 Å². The van der Waals surface area contributed by atoms with Crippen molar-refractivity contribution in [3.05, 3.63) is 61.3 Å². The molecule has 0 unspecified atom stereocenters. The third kappa shape index (κ3) is 11.0. The summed E-state index contributed by atoms with van der Waals surface area (Å²) >= 11 is 0. The quantitative estimate of drug-likeness (QED) is 0.160. The molecule has 0 bridgehead atoms. The highest BCUT2D eigenvalue weighted by molar-refractivity contribution is 6.04. The first-order chi connectivity index (χ1) is 16.1. The van der Waals surface area contributed by atoms with Crippen molar-refractivity contribution in [3.63, 3.8) is 0 Å². The first kappa shape index (κ1) is 28.2. The van der Waals surface area contributed by atoms with E-state index in [0.717, 1.165) is 57.2 Å². The number of anilines is 2. The lowest BCUT2D eigenvalue weighted by atomic mass is 10.1. The average molecular weight is 457 g/mol. The molecule has 0 saturated carbocycles. The van der Waals surface area contributed by atoms with Crippen molar-refractivity contribution in [2.24, 2.45) is 0 Å². The summed E-state index contributed by atoms with van der Waals surface area (Å²) in [4.78, 5) is 27.2. The maximum absolute atomic E-state index is 13.1. The van der Waals surface area contributed by atoms with Crippen molar-refractivity contribution in [3.8, 4) is 0 Å². The van der Waals surface area contributed by atoms with E-state index < -0.39 is 5.97 Å². The number of carbonyl (C=O) groups is 2. The lowest BCUT2D eigenvalue weighted by Gasteiger charge is -2.22. The second kappa shape index (κ2) is 17.7. The van der Waals surface area contributed by atoms with Crippen molar-refractivity contribution in [2.75, 3.05) is 36.6 Å². The monoisotopic (exact) mass is 456 g/mol. The minimum absolute atomic E-state index is 0.0659. The van der Waals surface area contributed by atoms with E-state index in [9.17, 15) is 9.59 Å². The topological polar surface area (TPSA) is 67.9 Å². The number of hydrogen-bond donors (Lipinski definition) is 1. The molecule has 1 aromatic rings. The van der Waals surface area contributed by atoms with Crippen LogP contribution in [0.1, 0.15) is 69.2 Å². The number of amides is 1. The lowest BCUT2D eigenvalue weighted by Crippen LogP contribution is -2.31. The number of ether oxygens (including phenoxy) is 2. The van der Waals surface area contributed by atoms with Gasteiger partial charge in [0.05, 0.1) is 17.9 Å². The standard InChI is InChI=1S/C27H40N2O4/c1-5-9-12-14-18-28-23-16-17-24(27(31)33-8-4)25(21-23)29(19-11-7-3)26(30)22-32-20-15-13-10-6-2/h5-6,11,16-17,19,21,28H,1-2,7-10,12-15,18,20,22H2,3-4H3/b19-11+. The smallest absolute Gasteiger partial charge is 0.340 e. The molecule has 0 heterocycles. The maximum atomic E-state index is 13.1. The van der Waals surface area contributed by atoms with E-state index in [0.29, 0.717) is 17.9 Å². The molecule has 0 aliphatic carbocycles. The van der Waals surface area contributed by atoms with Gasteiger partial charge in [0.15, 0.2) is 0 Å². The molecule has 0 spiro atoms. The molecule has 0 aromatic heterocycles. The minimum Gasteiger partial charge on any atom is -0.462 e. The first-order valence-electron chi connectivity index (χ1n) is 11.9. The van der Waals surface area contributed by atoms with Crippen LogP contribution in [0.15, 0.2) is 55.8 Å². The second-order valence-electron chi connectivity index (χ2n) is 7.56. The van der Waals surface area contributed by atoms with E-state index in [2.05, 4.69) is 18.5 Å². The van der Waals surface area contributed by atoms with Gasteiger partial charge >= 0.3 is 5.97 Å². The van der Waals surface area contributed by atoms with Gasteiger partial charge < -0.3 is 14.8 Å². The highest BCUT2D eigenvalue weighted by atomic mass is 16.5. The van der Waals surface area contributed by atoms with Crippen molar-refractivity contribution in [1.82, 2.24) is 0 Å². The molecule has 33 heavy (non-hydrogen) atoms. The number of carbonyl (C=O) groups excluding carboxylic acids is 2. The van der Waals surface area contributed by atoms with Gasteiger partial charge in [-0.15, -0.1) is 13.2 Å². The van der Waals surface area contributed by atoms with Crippen LogP contribution < -0.4 is 10.2 Å². The van der Waals surface area contributed by atoms with Gasteiger partial charge in [0.2, 0.25) is 0 Å². The van der Waals surface area contributed by atoms with Gasteiger partial charge in [-0.1, -0.05) is 25.2 Å². The fraction of sp³-hybridized carbons (Fsp3) is 0.481. The molecule has 0 saturated heterocycles. The van der Waals surface area contributed by atoms with Crippen LogP contribution in [0.5, 0.6) is 0 Å². The SMILES string of the molecule is C=CCCCCNc1ccc(C(=O)OCC)c(N(/C=C/CC)C(=O)COCCCCC=C)c1. The average Bonchev–Trinajstić information content (AvgIpc) is 2.81. The lowest BCUT2D eigenvalue weighted by molar-refractivity contribution is -0.122. The van der Waals surface area contributed by atoms with Crippen molar-refractivity contribution in [2.45, 2.75) is 58.8 Å². The third-order valence-electron chi connectivity index (χ3n) is 4.85. The number of hydrogen-bond acceptors (Lipinski definition) is 5. The summed E-state index contributed by atoms with van der Waals surface area (Å²) in [6.07, 6.45) is 13.9. The van der Waals surface area contributed by atoms with Gasteiger partial charge in [-0.3, -0.25) is 9.69 Å². The summed E-state index contributed by atoms with van der Waals surface area (Å²) in [5.74, 6) is -0.699. The summed E-state index contributed by atoms with van der Waals surface area (Å²) in [5, 5.41) is 3.38. The predicted molar refractivity (Wildman–Crippen MR) is 137 cm³/mol. The van der Waals surface area contributed by atoms with E-state index in [1.165, 1.54) is 4.90 Å². The van der Waals surface area contributed by atoms with Gasteiger partial charge in [0.25, 0.3) is 5.91 Å². The maximum Gasteiger partial charge on any atom is 0.340 e. The Morgan fingerprint density at radius 1 is 1.06 bits per heavy atom. The Kier molecular flexibility index (Phi) is 15.1. The van der Waals surface area contributed by atoms with Gasteiger partial charge in [-0.25, -0.2) is 4.79 Å². The van der Waals surface area contributed by atoms with Crippen LogP contribution in [-0.2, 0) is 14.3 Å². The predicted octanol–water partition coefficient (Wildman–Crippen LogP) is 6.26. The molecule has 0 aliphatic rings. The van der Waals surface area contributed by atoms with E-state index in [4.69, 9.17) is 9.47 Å². The fourth-order valence-electron chi connectivity index (χ4n) is 3.10. The summed E-state index contributed by atoms with van der Waals surface area (Å²) in [7, 11) is 0. The van der Waals surface area contributed by atoms with Gasteiger partial charge in [-0.05, 0) is 70.1 Å². The molecule has 1 amide bonds. The largest absolute Gasteiger partial charge is 0.462 e. The number of esters is 1. The second-order valence-corrected chi connectivity index (χ2v) is 7.56. The number of allylic oxidation sites excluding steroid dienone is 3. The molecule has 0 atom stereocenters. The number of nitrogens with one attached hydrogen (secondary N) is 1. The summed E-state index contributed by atoms with van der Waals surface area (Å²) in [5.41, 5.74) is 1.66. The van der Waals surface area contributed by atoms with Crippen molar-refractivity contribution < 1.29 is 19.1 Å². The highest BCUT2D eigenvalue weighted by Gasteiger charge is 2.22. The minimum atomic E-state index is -0.460. The number of rotatable bonds is 18. The summed E-state index contributed by atoms with van der Waals surface area (Å²) in [6, 6.07) is 5.36. The van der Waals surface area contributed by atoms with Gasteiger partial charge in [0, 0.05) is 25.0 Å². The van der Waals surface area contributed by atoms with Crippen LogP contribution in [0, 0.1) is 0 Å². The van der Waals surface area contributed by atoms with E-state index in [1.54, 1.807) is 19.2 Å². The molecule has 0 fully saturated rings. The summed E-state index contributed by atoms with van der Waals surface area (Å²) < 4.78 is 10.8. The van der Waals surface area contributed by atoms with E-state index >= 15 is 0 Å². The molecule has 6 heteroatoms. The van der Waals surface area contributed by atoms with Gasteiger partial charge in [-0.2, -0.15) is 0 Å². The third-order valence-corrected chi connectivity index (χ3v) is 4.85. The molecule has 6 nitrogen and oxygen atoms in total. The first-order valence-corrected chi connectivity index (χ1v) is 11.9. The van der Waals surface area contributed by atoms with Crippen LogP contribution in [-0.4, -0.2) is 38.2 Å². The normalized spacial score (nSPS) is 10.7. The zero-order valence-corrected chi connectivity index (χ0v) is 20.3. The Morgan fingerprint density at radius 2 is 1.79 bits per heavy atom. The zero-order valence-electron chi connectivity index (χ0n) is 20.3. The van der Waals surface area contributed by atoms with Crippen LogP contribution >= 0.6 is 0 Å². The zero-order chi connectivity index (χ0) is 24.3. The van der Waals surface area contributed by atoms with Crippen LogP contribution in [0.25, 0.3) is 0 Å². The van der Waals surface area contributed by atoms with Crippen molar-refractivity contribution >= 4 is 23.3 Å². The molecule has 0 aliphatic heterocycles. The Morgan fingerprint density at radius 3 is 2.45 bits per heavy atom. The molecule has 1 aromatic carbocycles. The van der Waals surface area contributed by atoms with Crippen LogP contribution in [0.2, 0.25) is 0 Å². The Hall–Kier alpha value is -2.86. The fourth-order valence-corrected chi connectivity index (χ4v) is 3.10. The Bertz CT molecular complexity index is 773. The van der Waals surface area contributed by atoms with Crippen LogP contribution in [0.3, 0.4) is 0 Å². The number of nitrogens with zero attached hydrogens (tertiary/aromatic N) is 1. The molecule has 1 N–H and O–H groups in total. The molecule has 182 valence electrons. The number of benzene rings is 1. The molecule has 1 rings (SSSR count). The van der Waals surface area contributed by atoms with Gasteiger partial charge in [0.1, 0.15) is 6.61 Å². The number of unbranched alkanes of at least 4 members (excludes halogenated alkanes) is 4. The van der Waals surface area contributed by atoms with E-state index in [-0.39, 0.29) is 19.1 Å². The molecular weight excluding hydrogens is 416 g/mol. The molecular formula is C27H40N2O4. The van der Waals surface area contributed by atoms with Crippen molar-refractivity contribution in [1.29, 1.82) is 0 Å². The Labute approximate surface area is 199 Å².